The van der Waals surface area contributed by atoms with Crippen LogP contribution >= 0.6 is 15.9 Å². The number of carbonyl (C=O) groups excluding carboxylic acids is 2. The van der Waals surface area contributed by atoms with Gasteiger partial charge in [-0.1, -0.05) is 50.1 Å². The van der Waals surface area contributed by atoms with Crippen molar-refractivity contribution in [3.8, 4) is 0 Å². The molecule has 0 saturated heterocycles. The minimum absolute atomic E-state index is 0.189. The van der Waals surface area contributed by atoms with Crippen molar-refractivity contribution in [1.29, 1.82) is 0 Å². The largest absolute Gasteiger partial charge is 0.469 e. The van der Waals surface area contributed by atoms with E-state index in [4.69, 9.17) is 0 Å². The molecular formula is C21H29BrO4. The van der Waals surface area contributed by atoms with Crippen LogP contribution in [0.15, 0.2) is 46.5 Å². The summed E-state index contributed by atoms with van der Waals surface area (Å²) in [5.41, 5.74) is -0.903. The first kappa shape index (κ1) is 22.6. The molecule has 0 spiro atoms. The van der Waals surface area contributed by atoms with Crippen LogP contribution in [0.2, 0.25) is 0 Å². The maximum Gasteiger partial charge on any atom is 0.305 e. The predicted octanol–water partition coefficient (Wildman–Crippen LogP) is 4.93. The van der Waals surface area contributed by atoms with Gasteiger partial charge in [-0.15, -0.1) is 0 Å². The summed E-state index contributed by atoms with van der Waals surface area (Å²) in [5.74, 6) is -0.415. The number of methoxy groups -OCH3 is 1. The van der Waals surface area contributed by atoms with Gasteiger partial charge in [-0.05, 0) is 47.7 Å². The topological polar surface area (TPSA) is 63.6 Å². The lowest BCUT2D eigenvalue weighted by molar-refractivity contribution is -0.140. The van der Waals surface area contributed by atoms with Gasteiger partial charge >= 0.3 is 5.97 Å². The zero-order valence-corrected chi connectivity index (χ0v) is 17.3. The third-order valence-electron chi connectivity index (χ3n) is 4.24. The number of hydrogen-bond donors (Lipinski definition) is 1. The highest BCUT2D eigenvalue weighted by molar-refractivity contribution is 9.12. The number of esters is 1. The highest BCUT2D eigenvalue weighted by Crippen LogP contribution is 2.36. The second-order valence-electron chi connectivity index (χ2n) is 6.39. The molecule has 1 aliphatic carbocycles. The second kappa shape index (κ2) is 12.0. The van der Waals surface area contributed by atoms with Gasteiger partial charge in [0.2, 0.25) is 0 Å². The van der Waals surface area contributed by atoms with E-state index in [0.29, 0.717) is 35.7 Å². The van der Waals surface area contributed by atoms with Crippen LogP contribution in [-0.2, 0) is 14.3 Å². The Balaban J connectivity index is 2.62. The molecule has 0 fully saturated rings. The second-order valence-corrected chi connectivity index (χ2v) is 7.25. The summed E-state index contributed by atoms with van der Waals surface area (Å²) in [6.45, 7) is 2.17. The number of Topliss-reactive ketones (excluding diaryl/α,β-unsaturated/α-hetero) is 1. The standard InChI is InChI=1S/C21H29BrO4/c1-3-4-5-6-9-12-15-21(25)16-18(22)20(24)17(21)13-10-7-8-11-14-19(23)26-2/h7,9-10,12-13,16,25H,3-6,8,11,14-15H2,1-2H3/b10-7?,12-9?,17-13-. The van der Waals surface area contributed by atoms with Crippen LogP contribution < -0.4 is 0 Å². The van der Waals surface area contributed by atoms with Crippen molar-refractivity contribution in [2.45, 2.75) is 63.9 Å². The van der Waals surface area contributed by atoms with Crippen molar-refractivity contribution in [2.24, 2.45) is 0 Å². The first-order valence-corrected chi connectivity index (χ1v) is 9.98. The van der Waals surface area contributed by atoms with Crippen molar-refractivity contribution in [3.63, 3.8) is 0 Å². The van der Waals surface area contributed by atoms with Crippen LogP contribution in [0.25, 0.3) is 0 Å². The number of halogens is 1. The first-order valence-electron chi connectivity index (χ1n) is 9.19. The smallest absolute Gasteiger partial charge is 0.305 e. The minimum atomic E-state index is -1.27. The molecule has 0 aromatic rings. The zero-order chi connectivity index (χ0) is 19.4. The fraction of sp³-hybridized carbons (Fsp3) is 0.524. The normalized spacial score (nSPS) is 21.9. The van der Waals surface area contributed by atoms with E-state index in [1.165, 1.54) is 20.0 Å². The van der Waals surface area contributed by atoms with Gasteiger partial charge in [-0.25, -0.2) is 0 Å². The Kier molecular flexibility index (Phi) is 10.4. The molecule has 0 aromatic carbocycles. The number of carbonyl (C=O) groups is 2. The Bertz CT molecular complexity index is 601. The predicted molar refractivity (Wildman–Crippen MR) is 108 cm³/mol. The number of rotatable bonds is 11. The number of ketones is 1. The van der Waals surface area contributed by atoms with Gasteiger partial charge in [-0.2, -0.15) is 0 Å². The molecule has 1 aliphatic rings. The van der Waals surface area contributed by atoms with Crippen LogP contribution in [0, 0.1) is 0 Å². The molecule has 0 bridgehead atoms. The van der Waals surface area contributed by atoms with E-state index < -0.39 is 5.60 Å². The van der Waals surface area contributed by atoms with Crippen molar-refractivity contribution >= 4 is 27.7 Å². The molecule has 0 aliphatic heterocycles. The molecule has 0 heterocycles. The van der Waals surface area contributed by atoms with Crippen LogP contribution in [-0.4, -0.2) is 29.6 Å². The van der Waals surface area contributed by atoms with Crippen LogP contribution in [0.5, 0.6) is 0 Å². The molecule has 1 unspecified atom stereocenters. The number of aliphatic hydroxyl groups is 1. The molecule has 1 atom stereocenters. The monoisotopic (exact) mass is 424 g/mol. The van der Waals surface area contributed by atoms with E-state index in [1.54, 1.807) is 18.2 Å². The Labute approximate surface area is 164 Å². The van der Waals surface area contributed by atoms with Gasteiger partial charge in [0.05, 0.1) is 11.6 Å². The van der Waals surface area contributed by atoms with Crippen LogP contribution in [0.3, 0.4) is 0 Å². The Hall–Kier alpha value is -1.46. The van der Waals surface area contributed by atoms with Gasteiger partial charge in [0.15, 0.2) is 5.78 Å². The van der Waals surface area contributed by atoms with E-state index >= 15 is 0 Å². The maximum atomic E-state index is 12.3. The van der Waals surface area contributed by atoms with E-state index in [1.807, 2.05) is 12.2 Å². The van der Waals surface area contributed by atoms with Crippen molar-refractivity contribution in [1.82, 2.24) is 0 Å². The Morgan fingerprint density at radius 3 is 2.65 bits per heavy atom. The third kappa shape index (κ3) is 7.42. The number of hydrogen-bond acceptors (Lipinski definition) is 4. The molecule has 144 valence electrons. The van der Waals surface area contributed by atoms with E-state index in [9.17, 15) is 14.7 Å². The molecule has 1 N–H and O–H groups in total. The molecule has 0 aromatic heterocycles. The van der Waals surface area contributed by atoms with Crippen molar-refractivity contribution in [2.75, 3.05) is 7.11 Å². The van der Waals surface area contributed by atoms with E-state index in [-0.39, 0.29) is 11.8 Å². The summed E-state index contributed by atoms with van der Waals surface area (Å²) in [5, 5.41) is 10.9. The molecule has 0 amide bonds. The quantitative estimate of drug-likeness (QED) is 0.221. The zero-order valence-electron chi connectivity index (χ0n) is 15.7. The average molecular weight is 425 g/mol. The van der Waals surface area contributed by atoms with E-state index in [0.717, 1.165) is 12.8 Å². The number of ether oxygens (including phenoxy) is 1. The fourth-order valence-corrected chi connectivity index (χ4v) is 3.28. The SMILES string of the molecule is CCCCCC=CCC1(O)C=C(Br)C(=O)/C1=C/C=CCCCC(=O)OC. The summed E-state index contributed by atoms with van der Waals surface area (Å²) in [7, 11) is 1.37. The molecular weight excluding hydrogens is 396 g/mol. The average Bonchev–Trinajstić information content (AvgIpc) is 2.83. The Morgan fingerprint density at radius 1 is 1.23 bits per heavy atom. The number of allylic oxidation sites excluding steroid dienone is 5. The molecule has 4 nitrogen and oxygen atoms in total. The van der Waals surface area contributed by atoms with Crippen molar-refractivity contribution < 1.29 is 19.4 Å². The van der Waals surface area contributed by atoms with Crippen molar-refractivity contribution in [3.05, 3.63) is 46.5 Å². The minimum Gasteiger partial charge on any atom is -0.469 e. The highest BCUT2D eigenvalue weighted by atomic mass is 79.9. The molecule has 1 rings (SSSR count). The van der Waals surface area contributed by atoms with Gasteiger partial charge in [0.1, 0.15) is 5.60 Å². The Morgan fingerprint density at radius 2 is 1.96 bits per heavy atom. The fourth-order valence-electron chi connectivity index (χ4n) is 2.69. The molecule has 26 heavy (non-hydrogen) atoms. The van der Waals surface area contributed by atoms with E-state index in [2.05, 4.69) is 33.7 Å². The summed E-state index contributed by atoms with van der Waals surface area (Å²) in [4.78, 5) is 23.3. The third-order valence-corrected chi connectivity index (χ3v) is 4.83. The maximum absolute atomic E-state index is 12.3. The molecule has 0 saturated carbocycles. The molecule has 5 heteroatoms. The summed E-state index contributed by atoms with van der Waals surface area (Å²) < 4.78 is 4.98. The van der Waals surface area contributed by atoms with Gasteiger partial charge in [-0.3, -0.25) is 9.59 Å². The van der Waals surface area contributed by atoms with Crippen LogP contribution in [0.1, 0.15) is 58.3 Å². The summed E-state index contributed by atoms with van der Waals surface area (Å²) in [6, 6.07) is 0. The number of unbranched alkanes of at least 4 members (excludes halogenated alkanes) is 4. The van der Waals surface area contributed by atoms with Gasteiger partial charge in [0, 0.05) is 18.4 Å². The lowest BCUT2D eigenvalue weighted by Crippen LogP contribution is -2.27. The van der Waals surface area contributed by atoms with Crippen LogP contribution in [0.4, 0.5) is 0 Å². The highest BCUT2D eigenvalue weighted by Gasteiger charge is 2.39. The van der Waals surface area contributed by atoms with Gasteiger partial charge in [0.25, 0.3) is 0 Å². The molecule has 0 radical (unpaired) electrons. The first-order chi connectivity index (χ1) is 12.4. The lowest BCUT2D eigenvalue weighted by atomic mass is 9.92. The summed E-state index contributed by atoms with van der Waals surface area (Å²) in [6.07, 6.45) is 17.5. The lowest BCUT2D eigenvalue weighted by Gasteiger charge is -2.20. The van der Waals surface area contributed by atoms with Gasteiger partial charge < -0.3 is 9.84 Å². The summed E-state index contributed by atoms with van der Waals surface area (Å²) >= 11 is 3.23.